The van der Waals surface area contributed by atoms with Gasteiger partial charge in [-0.05, 0) is 24.7 Å². The number of aliphatic hydroxyl groups is 1. The van der Waals surface area contributed by atoms with E-state index in [0.29, 0.717) is 30.2 Å². The maximum atomic E-state index is 9.34. The van der Waals surface area contributed by atoms with Crippen LogP contribution in [0.4, 0.5) is 0 Å². The van der Waals surface area contributed by atoms with E-state index in [2.05, 4.69) is 81.1 Å². The summed E-state index contributed by atoms with van der Waals surface area (Å²) in [6.07, 6.45) is 0. The second-order valence-corrected chi connectivity index (χ2v) is 14.1. The van der Waals surface area contributed by atoms with E-state index in [1.165, 1.54) is 26.8 Å². The number of hydrogen-bond acceptors (Lipinski definition) is 10. The average molecular weight is 677 g/mol. The number of thiazole rings is 4. The predicted molar refractivity (Wildman–Crippen MR) is 195 cm³/mol. The molecule has 250 valence electrons. The number of aromatic nitrogens is 4. The summed E-state index contributed by atoms with van der Waals surface area (Å²) < 4.78 is 1.26. The molecular formula is C32H62N5O2S4+. The summed E-state index contributed by atoms with van der Waals surface area (Å²) in [7, 11) is 0. The van der Waals surface area contributed by atoms with Crippen LogP contribution in [0.15, 0.2) is 21.5 Å². The molecule has 4 heterocycles. The van der Waals surface area contributed by atoms with Gasteiger partial charge in [-0.25, -0.2) is 15.0 Å². The lowest BCUT2D eigenvalue weighted by molar-refractivity contribution is -0.910. The van der Waals surface area contributed by atoms with Crippen LogP contribution in [0.1, 0.15) is 152 Å². The summed E-state index contributed by atoms with van der Waals surface area (Å²) in [6.45, 7) is 21.5. The van der Waals surface area contributed by atoms with Crippen LogP contribution in [-0.4, -0.2) is 25.3 Å². The lowest BCUT2D eigenvalue weighted by Gasteiger charge is -1.95. The van der Waals surface area contributed by atoms with Crippen LogP contribution in [0, 0.1) is 13.8 Å². The van der Waals surface area contributed by atoms with Crippen molar-refractivity contribution >= 4 is 45.3 Å². The van der Waals surface area contributed by atoms with Gasteiger partial charge in [0, 0.05) is 40.3 Å². The van der Waals surface area contributed by atoms with Gasteiger partial charge in [-0.15, -0.1) is 34.0 Å². The van der Waals surface area contributed by atoms with Crippen LogP contribution < -0.4 is 10.5 Å². The molecule has 11 heteroatoms. The highest BCUT2D eigenvalue weighted by Crippen LogP contribution is 2.18. The second kappa shape index (κ2) is 24.5. The van der Waals surface area contributed by atoms with Gasteiger partial charge in [-0.2, -0.15) is 0 Å². The summed E-state index contributed by atoms with van der Waals surface area (Å²) in [6, 6.07) is 0. The lowest BCUT2D eigenvalue weighted by Crippen LogP contribution is -2.35. The summed E-state index contributed by atoms with van der Waals surface area (Å²) in [5, 5.41) is 30.1. The minimum absolute atomic E-state index is 0. The molecule has 4 aromatic heterocycles. The van der Waals surface area contributed by atoms with Gasteiger partial charge in [0.2, 0.25) is 5.69 Å². The number of nitrogens with zero attached hydrogens (tertiary/aromatic N) is 4. The third-order valence-corrected chi connectivity index (χ3v) is 8.75. The average Bonchev–Trinajstić information content (AvgIpc) is 3.68. The molecule has 0 bridgehead atoms. The van der Waals surface area contributed by atoms with Crippen molar-refractivity contribution in [3.05, 3.63) is 64.3 Å². The Morgan fingerprint density at radius 2 is 1.07 bits per heavy atom. The maximum Gasteiger partial charge on any atom is 0.285 e. The fourth-order valence-electron chi connectivity index (χ4n) is 2.80. The van der Waals surface area contributed by atoms with Gasteiger partial charge in [0.05, 0.1) is 34.1 Å². The third-order valence-electron chi connectivity index (χ3n) is 5.34. The Kier molecular flexibility index (Phi) is 27.5. The quantitative estimate of drug-likeness (QED) is 0.139. The van der Waals surface area contributed by atoms with Gasteiger partial charge in [0.25, 0.3) is 5.01 Å². The molecule has 0 aliphatic rings. The van der Waals surface area contributed by atoms with Crippen molar-refractivity contribution in [2.24, 2.45) is 5.73 Å². The monoisotopic (exact) mass is 676 g/mol. The highest BCUT2D eigenvalue weighted by Gasteiger charge is 2.19. The van der Waals surface area contributed by atoms with Crippen LogP contribution in [0.2, 0.25) is 0 Å². The number of nitrogens with two attached hydrogens (primary N) is 1. The van der Waals surface area contributed by atoms with Crippen LogP contribution in [0.3, 0.4) is 0 Å². The zero-order valence-corrected chi connectivity index (χ0v) is 28.2. The van der Waals surface area contributed by atoms with Gasteiger partial charge in [0.15, 0.2) is 0 Å². The van der Waals surface area contributed by atoms with Crippen molar-refractivity contribution in [2.45, 2.75) is 136 Å². The molecule has 0 atom stereocenters. The van der Waals surface area contributed by atoms with Gasteiger partial charge < -0.3 is 10.8 Å². The van der Waals surface area contributed by atoms with Crippen LogP contribution >= 0.6 is 45.3 Å². The fourth-order valence-corrected chi connectivity index (χ4v) is 6.09. The zero-order valence-electron chi connectivity index (χ0n) is 24.9. The van der Waals surface area contributed by atoms with Crippen molar-refractivity contribution in [3.63, 3.8) is 0 Å². The summed E-state index contributed by atoms with van der Waals surface area (Å²) >= 11 is 6.45. The molecule has 0 saturated carbocycles. The first kappa shape index (κ1) is 48.2. The molecule has 4 rings (SSSR count). The fraction of sp³-hybridized carbons (Fsp3) is 0.625. The molecule has 0 aliphatic carbocycles. The molecule has 4 aromatic rings. The van der Waals surface area contributed by atoms with Gasteiger partial charge in [0.1, 0.15) is 10.0 Å². The molecule has 0 amide bonds. The maximum absolute atomic E-state index is 9.34. The zero-order chi connectivity index (χ0) is 29.7. The van der Waals surface area contributed by atoms with Crippen LogP contribution in [0.5, 0.6) is 0 Å². The van der Waals surface area contributed by atoms with Crippen molar-refractivity contribution in [1.82, 2.24) is 15.0 Å². The first-order valence-corrected chi connectivity index (χ1v) is 16.6. The normalized spacial score (nSPS) is 9.77. The summed E-state index contributed by atoms with van der Waals surface area (Å²) in [4.78, 5) is 12.8. The Balaban J connectivity index is -0.000000229. The molecule has 4 N–H and O–H groups in total. The van der Waals surface area contributed by atoms with Gasteiger partial charge in [-0.3, -0.25) is 5.21 Å². The molecule has 0 spiro atoms. The van der Waals surface area contributed by atoms with Gasteiger partial charge in [-0.1, -0.05) is 96.4 Å². The van der Waals surface area contributed by atoms with Crippen molar-refractivity contribution in [3.8, 4) is 0 Å². The van der Waals surface area contributed by atoms with E-state index >= 15 is 0 Å². The molecule has 0 saturated heterocycles. The molecule has 0 radical (unpaired) electrons. The highest BCUT2D eigenvalue weighted by atomic mass is 32.1. The Morgan fingerprint density at radius 1 is 0.651 bits per heavy atom. The van der Waals surface area contributed by atoms with E-state index in [9.17, 15) is 5.21 Å². The largest absolute Gasteiger partial charge is 0.389 e. The molecule has 0 aromatic carbocycles. The van der Waals surface area contributed by atoms with Crippen molar-refractivity contribution in [1.29, 1.82) is 0 Å². The topological polar surface area (TPSA) is 109 Å². The molecule has 0 aliphatic heterocycles. The second-order valence-electron chi connectivity index (χ2n) is 10.1. The summed E-state index contributed by atoms with van der Waals surface area (Å²) in [5.74, 6) is 1.97. The van der Waals surface area contributed by atoms with Crippen molar-refractivity contribution < 1.29 is 15.0 Å². The Bertz CT molecular complexity index is 1160. The molecule has 0 fully saturated rings. The van der Waals surface area contributed by atoms with E-state index in [0.717, 1.165) is 32.1 Å². The van der Waals surface area contributed by atoms with Crippen molar-refractivity contribution in [2.75, 3.05) is 0 Å². The highest BCUT2D eigenvalue weighted by molar-refractivity contribution is 7.10. The first-order chi connectivity index (χ1) is 18.3. The van der Waals surface area contributed by atoms with Crippen LogP contribution in [-0.2, 0) is 13.2 Å². The predicted octanol–water partition coefficient (Wildman–Crippen LogP) is 10.3. The molecule has 0 unspecified atom stereocenters. The van der Waals surface area contributed by atoms with Crippen LogP contribution in [0.25, 0.3) is 0 Å². The van der Waals surface area contributed by atoms with E-state index < -0.39 is 0 Å². The standard InChI is InChI=1S/C7H12N2S.C7H11NOS.C7H12NOS.C7H11NS.4CH4/c1-5(2)6-4-10-7(3-8)9-6;1-5(2)6-4-10-7(3-9)8-6;1-5(2)7-4-10-6(3)8(7)9;1-5(2)7-4-9-6(3)8-7;;;;/h4-5H,3,8H2,1-2H3;4-5,9H,3H2,1-2H3;4-5,9H,1-3H3;4-5H,1-3H3;4*1H4/q;;+1;;;;;. The molecular weight excluding hydrogens is 615 g/mol. The molecule has 7 nitrogen and oxygen atoms in total. The SMILES string of the molecule is C.C.C.C.CC(C)c1csc(CN)n1.CC(C)c1csc(CO)n1.Cc1nc(C(C)C)cs1.Cc1scc(C(C)C)[n+]1O. The van der Waals surface area contributed by atoms with E-state index in [4.69, 9.17) is 10.8 Å². The van der Waals surface area contributed by atoms with E-state index in [1.54, 1.807) is 34.0 Å². The Morgan fingerprint density at radius 3 is 1.28 bits per heavy atom. The lowest BCUT2D eigenvalue weighted by atomic mass is 10.2. The minimum atomic E-state index is 0. The Hall–Kier alpha value is -1.76. The minimum Gasteiger partial charge on any atom is -0.389 e. The van der Waals surface area contributed by atoms with Gasteiger partial charge >= 0.3 is 0 Å². The Labute approximate surface area is 279 Å². The number of aryl methyl sites for hydroxylation is 2. The molecule has 43 heavy (non-hydrogen) atoms. The number of hydrogen-bond donors (Lipinski definition) is 3. The van der Waals surface area contributed by atoms with E-state index in [1.807, 2.05) is 24.6 Å². The number of rotatable bonds is 6. The van der Waals surface area contributed by atoms with E-state index in [-0.39, 0.29) is 36.3 Å². The number of aliphatic hydroxyl groups excluding tert-OH is 1. The smallest absolute Gasteiger partial charge is 0.285 e. The first-order valence-electron chi connectivity index (χ1n) is 13.1. The third kappa shape index (κ3) is 17.3. The summed E-state index contributed by atoms with van der Waals surface area (Å²) in [5.41, 5.74) is 9.86.